The van der Waals surface area contributed by atoms with Gasteiger partial charge in [-0.2, -0.15) is 0 Å². The van der Waals surface area contributed by atoms with Crippen molar-refractivity contribution in [1.29, 1.82) is 0 Å². The molecule has 19 heavy (non-hydrogen) atoms. The Bertz CT molecular complexity index is 382. The molecule has 1 rings (SSSR count). The van der Waals surface area contributed by atoms with Crippen molar-refractivity contribution in [1.82, 2.24) is 5.32 Å². The maximum absolute atomic E-state index is 6.35. The van der Waals surface area contributed by atoms with Crippen LogP contribution in [0, 0.1) is 0 Å². The van der Waals surface area contributed by atoms with E-state index in [1.165, 1.54) is 5.69 Å². The first-order valence-corrected chi connectivity index (χ1v) is 7.22. The van der Waals surface area contributed by atoms with Crippen molar-refractivity contribution in [2.75, 3.05) is 31.7 Å². The van der Waals surface area contributed by atoms with Gasteiger partial charge < -0.3 is 15.0 Å². The van der Waals surface area contributed by atoms with Crippen LogP contribution >= 0.6 is 11.6 Å². The van der Waals surface area contributed by atoms with E-state index in [-0.39, 0.29) is 0 Å². The van der Waals surface area contributed by atoms with Gasteiger partial charge in [-0.1, -0.05) is 31.5 Å². The molecule has 0 aliphatic rings. The van der Waals surface area contributed by atoms with E-state index in [4.69, 9.17) is 16.3 Å². The number of hydrogen-bond acceptors (Lipinski definition) is 3. The van der Waals surface area contributed by atoms with E-state index in [1.54, 1.807) is 7.11 Å². The first-order valence-electron chi connectivity index (χ1n) is 6.84. The second-order valence-corrected chi connectivity index (χ2v) is 5.25. The second kappa shape index (κ2) is 8.41. The van der Waals surface area contributed by atoms with Gasteiger partial charge in [-0.25, -0.2) is 0 Å². The molecule has 0 aromatic heterocycles. The molecule has 0 aliphatic heterocycles. The smallest absolute Gasteiger partial charge is 0.0637 e. The van der Waals surface area contributed by atoms with Crippen LogP contribution in [0.5, 0.6) is 0 Å². The average molecular weight is 285 g/mol. The topological polar surface area (TPSA) is 24.5 Å². The molecular weight excluding hydrogens is 260 g/mol. The largest absolute Gasteiger partial charge is 0.383 e. The minimum atomic E-state index is 0.443. The van der Waals surface area contributed by atoms with Crippen molar-refractivity contribution < 1.29 is 4.74 Å². The molecule has 0 saturated carbocycles. The summed E-state index contributed by atoms with van der Waals surface area (Å²) in [6.07, 6.45) is 0. The number of rotatable bonds is 8. The highest BCUT2D eigenvalue weighted by molar-refractivity contribution is 6.31. The van der Waals surface area contributed by atoms with Gasteiger partial charge in [0.25, 0.3) is 0 Å². The van der Waals surface area contributed by atoms with Crippen LogP contribution in [-0.2, 0) is 11.3 Å². The van der Waals surface area contributed by atoms with Crippen LogP contribution in [0.2, 0.25) is 5.02 Å². The number of benzene rings is 1. The fraction of sp³-hybridized carbons (Fsp3) is 0.600. The fourth-order valence-electron chi connectivity index (χ4n) is 1.98. The monoisotopic (exact) mass is 284 g/mol. The summed E-state index contributed by atoms with van der Waals surface area (Å²) in [7, 11) is 1.73. The molecule has 0 fully saturated rings. The van der Waals surface area contributed by atoms with Gasteiger partial charge in [-0.3, -0.25) is 0 Å². The van der Waals surface area contributed by atoms with E-state index in [0.29, 0.717) is 6.04 Å². The summed E-state index contributed by atoms with van der Waals surface area (Å²) < 4.78 is 5.17. The highest BCUT2D eigenvalue weighted by Crippen LogP contribution is 2.27. The Kier molecular flexibility index (Phi) is 7.21. The van der Waals surface area contributed by atoms with E-state index in [9.17, 15) is 0 Å². The molecule has 0 spiro atoms. The lowest BCUT2D eigenvalue weighted by molar-refractivity contribution is 0.205. The number of likely N-dealkylation sites (N-methyl/N-ethyl adjacent to an activating group) is 1. The highest BCUT2D eigenvalue weighted by atomic mass is 35.5. The zero-order valence-electron chi connectivity index (χ0n) is 12.4. The molecule has 0 saturated heterocycles. The van der Waals surface area contributed by atoms with Crippen LogP contribution in [0.1, 0.15) is 26.3 Å². The van der Waals surface area contributed by atoms with Gasteiger partial charge in [-0.15, -0.1) is 0 Å². The van der Waals surface area contributed by atoms with Crippen molar-refractivity contribution in [2.45, 2.75) is 33.4 Å². The molecule has 0 heterocycles. The predicted octanol–water partition coefficient (Wildman–Crippen LogP) is 3.31. The number of halogens is 1. The molecule has 0 unspecified atom stereocenters. The van der Waals surface area contributed by atoms with E-state index in [2.05, 4.69) is 37.1 Å². The Morgan fingerprint density at radius 2 is 2.11 bits per heavy atom. The van der Waals surface area contributed by atoms with Gasteiger partial charge in [0.05, 0.1) is 6.61 Å². The van der Waals surface area contributed by atoms with Crippen molar-refractivity contribution in [3.8, 4) is 0 Å². The summed E-state index contributed by atoms with van der Waals surface area (Å²) in [5.74, 6) is 0. The third kappa shape index (κ3) is 5.01. The Hall–Kier alpha value is -0.770. The van der Waals surface area contributed by atoms with Gasteiger partial charge in [0.2, 0.25) is 0 Å². The third-order valence-electron chi connectivity index (χ3n) is 3.07. The van der Waals surface area contributed by atoms with Crippen molar-refractivity contribution in [3.05, 3.63) is 28.8 Å². The van der Waals surface area contributed by atoms with Gasteiger partial charge >= 0.3 is 0 Å². The van der Waals surface area contributed by atoms with E-state index < -0.39 is 0 Å². The first-order chi connectivity index (χ1) is 9.10. The molecule has 1 aromatic carbocycles. The van der Waals surface area contributed by atoms with E-state index >= 15 is 0 Å². The lowest BCUT2D eigenvalue weighted by Crippen LogP contribution is -2.29. The Morgan fingerprint density at radius 3 is 2.68 bits per heavy atom. The normalized spacial score (nSPS) is 11.1. The Balaban J connectivity index is 2.93. The lowest BCUT2D eigenvalue weighted by Gasteiger charge is -2.26. The molecule has 0 amide bonds. The minimum absolute atomic E-state index is 0.443. The third-order valence-corrected chi connectivity index (χ3v) is 3.42. The molecule has 3 nitrogen and oxygen atoms in total. The number of nitrogens with one attached hydrogen (secondary N) is 1. The molecule has 4 heteroatoms. The van der Waals surface area contributed by atoms with Gasteiger partial charge in [0, 0.05) is 49.1 Å². The zero-order valence-corrected chi connectivity index (χ0v) is 13.1. The number of nitrogens with zero attached hydrogens (tertiary/aromatic N) is 1. The summed E-state index contributed by atoms with van der Waals surface area (Å²) in [5, 5.41) is 4.26. The van der Waals surface area contributed by atoms with Gasteiger partial charge in [-0.05, 0) is 19.1 Å². The molecule has 108 valence electrons. The van der Waals surface area contributed by atoms with Crippen LogP contribution in [0.15, 0.2) is 18.2 Å². The molecular formula is C15H25ClN2O. The lowest BCUT2D eigenvalue weighted by atomic mass is 10.1. The Morgan fingerprint density at radius 1 is 1.37 bits per heavy atom. The van der Waals surface area contributed by atoms with E-state index in [1.807, 2.05) is 12.1 Å². The molecule has 0 bridgehead atoms. The SMILES string of the molecule is CCN(CCOC)c1cccc(Cl)c1CNC(C)C. The van der Waals surface area contributed by atoms with Crippen LogP contribution in [0.25, 0.3) is 0 Å². The van der Waals surface area contributed by atoms with Crippen molar-refractivity contribution >= 4 is 17.3 Å². The average Bonchev–Trinajstić information content (AvgIpc) is 2.38. The van der Waals surface area contributed by atoms with Crippen molar-refractivity contribution in [3.63, 3.8) is 0 Å². The number of ether oxygens (including phenoxy) is 1. The fourth-order valence-corrected chi connectivity index (χ4v) is 2.21. The summed E-state index contributed by atoms with van der Waals surface area (Å²) >= 11 is 6.35. The summed E-state index contributed by atoms with van der Waals surface area (Å²) in [6.45, 7) is 9.75. The molecule has 0 radical (unpaired) electrons. The van der Waals surface area contributed by atoms with Crippen LogP contribution in [0.3, 0.4) is 0 Å². The van der Waals surface area contributed by atoms with Crippen LogP contribution < -0.4 is 10.2 Å². The summed E-state index contributed by atoms with van der Waals surface area (Å²) in [5.41, 5.74) is 2.36. The summed E-state index contributed by atoms with van der Waals surface area (Å²) in [4.78, 5) is 2.30. The standard InChI is InChI=1S/C15H25ClN2O/c1-5-18(9-10-19-4)15-8-6-7-14(16)13(15)11-17-12(2)3/h6-8,12,17H,5,9-11H2,1-4H3. The maximum Gasteiger partial charge on any atom is 0.0637 e. The number of methoxy groups -OCH3 is 1. The quantitative estimate of drug-likeness (QED) is 0.793. The van der Waals surface area contributed by atoms with Crippen molar-refractivity contribution in [2.24, 2.45) is 0 Å². The first kappa shape index (κ1) is 16.3. The van der Waals surface area contributed by atoms with Gasteiger partial charge in [0.15, 0.2) is 0 Å². The second-order valence-electron chi connectivity index (χ2n) is 4.85. The number of hydrogen-bond donors (Lipinski definition) is 1. The van der Waals surface area contributed by atoms with Crippen LogP contribution in [-0.4, -0.2) is 32.8 Å². The zero-order chi connectivity index (χ0) is 14.3. The number of anilines is 1. The molecule has 1 aromatic rings. The summed E-state index contributed by atoms with van der Waals surface area (Å²) in [6, 6.07) is 6.53. The molecule has 0 aliphatic carbocycles. The Labute approximate surface area is 121 Å². The molecule has 0 atom stereocenters. The minimum Gasteiger partial charge on any atom is -0.383 e. The van der Waals surface area contributed by atoms with Crippen LogP contribution in [0.4, 0.5) is 5.69 Å². The predicted molar refractivity (Wildman–Crippen MR) is 83.2 cm³/mol. The van der Waals surface area contributed by atoms with Gasteiger partial charge in [0.1, 0.15) is 0 Å². The highest BCUT2D eigenvalue weighted by Gasteiger charge is 2.12. The van der Waals surface area contributed by atoms with E-state index in [0.717, 1.165) is 36.8 Å². The maximum atomic E-state index is 6.35. The molecule has 1 N–H and O–H groups in total.